The van der Waals surface area contributed by atoms with Gasteiger partial charge in [-0.05, 0) is 30.7 Å². The lowest BCUT2D eigenvalue weighted by atomic mass is 10.2. The molecule has 5 heteroatoms. The molecule has 0 radical (unpaired) electrons. The number of aromatic nitrogens is 2. The van der Waals surface area contributed by atoms with Crippen molar-refractivity contribution in [2.75, 3.05) is 11.1 Å². The van der Waals surface area contributed by atoms with Gasteiger partial charge in [0.25, 0.3) is 5.91 Å². The summed E-state index contributed by atoms with van der Waals surface area (Å²) in [6.45, 7) is 1.94. The van der Waals surface area contributed by atoms with E-state index in [-0.39, 0.29) is 5.91 Å². The van der Waals surface area contributed by atoms with Crippen LogP contribution in [0.3, 0.4) is 0 Å². The van der Waals surface area contributed by atoms with Gasteiger partial charge in [-0.25, -0.2) is 0 Å². The van der Waals surface area contributed by atoms with Crippen molar-refractivity contribution in [1.29, 1.82) is 0 Å². The Morgan fingerprint density at radius 3 is 2.76 bits per heavy atom. The number of hydrogen-bond acceptors (Lipinski definition) is 4. The first kappa shape index (κ1) is 11.1. The number of nitrogens with two attached hydrogens (primary N) is 1. The molecule has 86 valence electrons. The van der Waals surface area contributed by atoms with Crippen LogP contribution in [0.1, 0.15) is 15.9 Å². The third-order valence-corrected chi connectivity index (χ3v) is 2.30. The van der Waals surface area contributed by atoms with Crippen LogP contribution in [0, 0.1) is 6.92 Å². The van der Waals surface area contributed by atoms with Gasteiger partial charge in [-0.2, -0.15) is 10.2 Å². The fourth-order valence-electron chi connectivity index (χ4n) is 1.42. The van der Waals surface area contributed by atoms with Gasteiger partial charge in [0, 0.05) is 0 Å². The molecule has 1 heterocycles. The van der Waals surface area contributed by atoms with E-state index in [1.807, 2.05) is 13.0 Å². The van der Waals surface area contributed by atoms with E-state index in [2.05, 4.69) is 15.5 Å². The Morgan fingerprint density at radius 2 is 2.12 bits per heavy atom. The van der Waals surface area contributed by atoms with Crippen LogP contribution in [0.2, 0.25) is 0 Å². The Bertz CT molecular complexity index is 539. The van der Waals surface area contributed by atoms with E-state index in [0.717, 1.165) is 5.56 Å². The molecule has 1 aromatic heterocycles. The molecule has 0 fully saturated rings. The Morgan fingerprint density at radius 1 is 1.29 bits per heavy atom. The number of hydrogen-bond donors (Lipinski definition) is 2. The first-order chi connectivity index (χ1) is 8.16. The number of amides is 1. The molecule has 0 aliphatic carbocycles. The van der Waals surface area contributed by atoms with Crippen LogP contribution in [0.15, 0.2) is 36.7 Å². The molecule has 0 saturated heterocycles. The predicted octanol–water partition coefficient (Wildman–Crippen LogP) is 1.62. The smallest absolute Gasteiger partial charge is 0.257 e. The molecular weight excluding hydrogens is 216 g/mol. The SMILES string of the molecule is Cc1ccc(NC(=O)c2ccnnc2)c(N)c1. The van der Waals surface area contributed by atoms with Gasteiger partial charge in [0.15, 0.2) is 0 Å². The molecule has 0 unspecified atom stereocenters. The van der Waals surface area contributed by atoms with Gasteiger partial charge in [-0.15, -0.1) is 0 Å². The molecule has 1 amide bonds. The van der Waals surface area contributed by atoms with E-state index >= 15 is 0 Å². The maximum Gasteiger partial charge on any atom is 0.257 e. The topological polar surface area (TPSA) is 80.9 Å². The molecule has 0 saturated carbocycles. The summed E-state index contributed by atoms with van der Waals surface area (Å²) in [5.41, 5.74) is 8.43. The minimum absolute atomic E-state index is 0.254. The number of nitrogen functional groups attached to an aromatic ring is 1. The van der Waals surface area contributed by atoms with E-state index in [1.54, 1.807) is 18.2 Å². The van der Waals surface area contributed by atoms with Crippen molar-refractivity contribution >= 4 is 17.3 Å². The number of anilines is 2. The highest BCUT2D eigenvalue weighted by Crippen LogP contribution is 2.19. The summed E-state index contributed by atoms with van der Waals surface area (Å²) in [6, 6.07) is 7.06. The normalized spacial score (nSPS) is 9.94. The summed E-state index contributed by atoms with van der Waals surface area (Å²) in [5.74, 6) is -0.254. The summed E-state index contributed by atoms with van der Waals surface area (Å²) in [6.07, 6.45) is 2.87. The molecule has 17 heavy (non-hydrogen) atoms. The summed E-state index contributed by atoms with van der Waals surface area (Å²) in [5, 5.41) is 9.97. The highest BCUT2D eigenvalue weighted by Gasteiger charge is 2.07. The number of benzene rings is 1. The standard InChI is InChI=1S/C12H12N4O/c1-8-2-3-11(10(13)6-8)16-12(17)9-4-5-14-15-7-9/h2-7H,13H2,1H3,(H,16,17). The molecule has 0 spiro atoms. The number of carbonyl (C=O) groups excluding carboxylic acids is 1. The molecular formula is C12H12N4O. The van der Waals surface area contributed by atoms with E-state index in [4.69, 9.17) is 5.73 Å². The monoisotopic (exact) mass is 228 g/mol. The predicted molar refractivity (Wildman–Crippen MR) is 65.6 cm³/mol. The van der Waals surface area contributed by atoms with E-state index in [0.29, 0.717) is 16.9 Å². The van der Waals surface area contributed by atoms with Crippen LogP contribution in [0.25, 0.3) is 0 Å². The van der Waals surface area contributed by atoms with Crippen LogP contribution >= 0.6 is 0 Å². The van der Waals surface area contributed by atoms with E-state index in [1.165, 1.54) is 12.4 Å². The summed E-state index contributed by atoms with van der Waals surface area (Å²) >= 11 is 0. The number of aryl methyl sites for hydroxylation is 1. The van der Waals surface area contributed by atoms with Crippen molar-refractivity contribution in [3.05, 3.63) is 47.8 Å². The fourth-order valence-corrected chi connectivity index (χ4v) is 1.42. The number of nitrogens with zero attached hydrogens (tertiary/aromatic N) is 2. The van der Waals surface area contributed by atoms with Crippen molar-refractivity contribution in [2.24, 2.45) is 0 Å². The summed E-state index contributed by atoms with van der Waals surface area (Å²) < 4.78 is 0. The first-order valence-electron chi connectivity index (χ1n) is 5.11. The molecule has 0 aliphatic heterocycles. The molecule has 2 aromatic rings. The summed E-state index contributed by atoms with van der Waals surface area (Å²) in [7, 11) is 0. The Hall–Kier alpha value is -2.43. The lowest BCUT2D eigenvalue weighted by Gasteiger charge is -2.08. The van der Waals surface area contributed by atoms with Crippen molar-refractivity contribution in [2.45, 2.75) is 6.92 Å². The van der Waals surface area contributed by atoms with Gasteiger partial charge in [-0.3, -0.25) is 4.79 Å². The number of rotatable bonds is 2. The van der Waals surface area contributed by atoms with E-state index in [9.17, 15) is 4.79 Å². The second kappa shape index (κ2) is 4.61. The van der Waals surface area contributed by atoms with Crippen molar-refractivity contribution < 1.29 is 4.79 Å². The number of carbonyl (C=O) groups is 1. The molecule has 0 bridgehead atoms. The fraction of sp³-hybridized carbons (Fsp3) is 0.0833. The minimum atomic E-state index is -0.254. The van der Waals surface area contributed by atoms with Crippen molar-refractivity contribution in [3.63, 3.8) is 0 Å². The van der Waals surface area contributed by atoms with Crippen LogP contribution in [-0.4, -0.2) is 16.1 Å². The van der Waals surface area contributed by atoms with Gasteiger partial charge < -0.3 is 11.1 Å². The lowest BCUT2D eigenvalue weighted by molar-refractivity contribution is 0.102. The average molecular weight is 228 g/mol. The zero-order valence-electron chi connectivity index (χ0n) is 9.34. The van der Waals surface area contributed by atoms with Gasteiger partial charge in [0.2, 0.25) is 0 Å². The third kappa shape index (κ3) is 2.57. The van der Waals surface area contributed by atoms with Gasteiger partial charge in [-0.1, -0.05) is 6.07 Å². The van der Waals surface area contributed by atoms with Gasteiger partial charge in [0.1, 0.15) is 0 Å². The second-order valence-corrected chi connectivity index (χ2v) is 3.68. The second-order valence-electron chi connectivity index (χ2n) is 3.68. The quantitative estimate of drug-likeness (QED) is 0.765. The van der Waals surface area contributed by atoms with Gasteiger partial charge in [0.05, 0.1) is 29.3 Å². The zero-order valence-corrected chi connectivity index (χ0v) is 9.34. The van der Waals surface area contributed by atoms with Crippen LogP contribution in [0.4, 0.5) is 11.4 Å². The lowest BCUT2D eigenvalue weighted by Crippen LogP contribution is -2.13. The molecule has 2 rings (SSSR count). The van der Waals surface area contributed by atoms with Gasteiger partial charge >= 0.3 is 0 Å². The van der Waals surface area contributed by atoms with E-state index < -0.39 is 0 Å². The van der Waals surface area contributed by atoms with Crippen LogP contribution < -0.4 is 11.1 Å². The maximum atomic E-state index is 11.8. The largest absolute Gasteiger partial charge is 0.397 e. The van der Waals surface area contributed by atoms with Crippen LogP contribution in [0.5, 0.6) is 0 Å². The van der Waals surface area contributed by atoms with Crippen molar-refractivity contribution in [1.82, 2.24) is 10.2 Å². The highest BCUT2D eigenvalue weighted by atomic mass is 16.1. The van der Waals surface area contributed by atoms with Crippen molar-refractivity contribution in [3.8, 4) is 0 Å². The summed E-state index contributed by atoms with van der Waals surface area (Å²) in [4.78, 5) is 11.8. The molecule has 0 aliphatic rings. The molecule has 5 nitrogen and oxygen atoms in total. The molecule has 0 atom stereocenters. The van der Waals surface area contributed by atoms with Crippen LogP contribution in [-0.2, 0) is 0 Å². The number of nitrogens with one attached hydrogen (secondary N) is 1. The highest BCUT2D eigenvalue weighted by molar-refractivity contribution is 6.05. The Kier molecular flexibility index (Phi) is 3.00. The minimum Gasteiger partial charge on any atom is -0.397 e. The zero-order chi connectivity index (χ0) is 12.3. The third-order valence-electron chi connectivity index (χ3n) is 2.30. The Labute approximate surface area is 98.7 Å². The first-order valence-corrected chi connectivity index (χ1v) is 5.11. The average Bonchev–Trinajstić information content (AvgIpc) is 2.34. The molecule has 1 aromatic carbocycles. The Balaban J connectivity index is 2.19. The molecule has 3 N–H and O–H groups in total. The maximum absolute atomic E-state index is 11.8.